The summed E-state index contributed by atoms with van der Waals surface area (Å²) in [6.45, 7) is 10.7. The van der Waals surface area contributed by atoms with Gasteiger partial charge in [0.1, 0.15) is 6.04 Å². The molecule has 1 aliphatic rings. The largest absolute Gasteiger partial charge is 0.314 e. The number of nitriles is 1. The minimum Gasteiger partial charge on any atom is -0.314 e. The molecular weight excluding hydrogens is 312 g/mol. The lowest BCUT2D eigenvalue weighted by molar-refractivity contribution is 0.0744. The Morgan fingerprint density at radius 3 is 2.48 bits per heavy atom. The van der Waals surface area contributed by atoms with E-state index in [4.69, 9.17) is 0 Å². The highest BCUT2D eigenvalue weighted by molar-refractivity contribution is 5.99. The van der Waals surface area contributed by atoms with Gasteiger partial charge in [-0.15, -0.1) is 0 Å². The van der Waals surface area contributed by atoms with Crippen molar-refractivity contribution in [2.24, 2.45) is 7.05 Å². The van der Waals surface area contributed by atoms with Crippen molar-refractivity contribution in [2.75, 3.05) is 0 Å². The first-order valence-corrected chi connectivity index (χ1v) is 8.49. The number of fused-ring (bicyclic) bond motifs is 1. The molecule has 2 heterocycles. The topological polar surface area (TPSA) is 61.9 Å². The van der Waals surface area contributed by atoms with Gasteiger partial charge in [0.05, 0.1) is 18.3 Å². The Bertz CT molecular complexity index is 896. The summed E-state index contributed by atoms with van der Waals surface area (Å²) in [5.41, 5.74) is 5.50. The maximum Gasteiger partial charge on any atom is 0.255 e. The van der Waals surface area contributed by atoms with Gasteiger partial charge >= 0.3 is 0 Å². The van der Waals surface area contributed by atoms with Crippen LogP contribution in [0.3, 0.4) is 0 Å². The Balaban J connectivity index is 2.03. The van der Waals surface area contributed by atoms with Gasteiger partial charge in [-0.3, -0.25) is 9.48 Å². The highest BCUT2D eigenvalue weighted by atomic mass is 16.2. The van der Waals surface area contributed by atoms with Crippen LogP contribution in [0.5, 0.6) is 0 Å². The molecule has 1 atom stereocenters. The summed E-state index contributed by atoms with van der Waals surface area (Å²) in [6, 6.07) is 7.65. The van der Waals surface area contributed by atoms with Gasteiger partial charge in [0.2, 0.25) is 0 Å². The molecule has 0 aliphatic carbocycles. The molecule has 3 rings (SSSR count). The van der Waals surface area contributed by atoms with E-state index in [1.807, 2.05) is 43.8 Å². The molecule has 1 aromatic carbocycles. The molecule has 2 aromatic rings. The number of aryl methyl sites for hydroxylation is 2. The molecule has 5 heteroatoms. The van der Waals surface area contributed by atoms with E-state index in [9.17, 15) is 10.1 Å². The van der Waals surface area contributed by atoms with Crippen LogP contribution in [-0.2, 0) is 19.0 Å². The molecule has 0 saturated heterocycles. The summed E-state index contributed by atoms with van der Waals surface area (Å²) >= 11 is 0. The molecule has 1 aliphatic heterocycles. The number of amides is 1. The highest BCUT2D eigenvalue weighted by Gasteiger charge is 2.38. The van der Waals surface area contributed by atoms with E-state index in [-0.39, 0.29) is 11.3 Å². The van der Waals surface area contributed by atoms with Crippen molar-refractivity contribution in [3.8, 4) is 6.07 Å². The molecule has 0 fully saturated rings. The fourth-order valence-electron chi connectivity index (χ4n) is 3.41. The van der Waals surface area contributed by atoms with Crippen LogP contribution in [0, 0.1) is 25.2 Å². The second-order valence-corrected chi connectivity index (χ2v) is 7.79. The molecule has 0 N–H and O–H groups in total. The molecule has 0 spiro atoms. The minimum absolute atomic E-state index is 0.0258. The SMILES string of the molecule is Cc1nn(C)c(C)c1CN1C(=O)c2ccc(C(C)(C)C)cc2C1C#N. The smallest absolute Gasteiger partial charge is 0.255 e. The van der Waals surface area contributed by atoms with Crippen LogP contribution in [0.1, 0.15) is 65.2 Å². The van der Waals surface area contributed by atoms with Crippen molar-refractivity contribution in [1.29, 1.82) is 5.26 Å². The normalized spacial score (nSPS) is 16.9. The predicted molar refractivity (Wildman–Crippen MR) is 96.1 cm³/mol. The number of carbonyl (C=O) groups excluding carboxylic acids is 1. The van der Waals surface area contributed by atoms with Gasteiger partial charge in [-0.05, 0) is 30.9 Å². The Labute approximate surface area is 148 Å². The monoisotopic (exact) mass is 336 g/mol. The molecule has 130 valence electrons. The zero-order valence-corrected chi connectivity index (χ0v) is 15.7. The third kappa shape index (κ3) is 2.72. The van der Waals surface area contributed by atoms with Crippen LogP contribution in [0.2, 0.25) is 0 Å². The molecule has 0 bridgehead atoms. The summed E-state index contributed by atoms with van der Waals surface area (Å²) < 4.78 is 1.82. The first kappa shape index (κ1) is 17.2. The fraction of sp³-hybridized carbons (Fsp3) is 0.450. The van der Waals surface area contributed by atoms with Gasteiger partial charge in [0, 0.05) is 29.4 Å². The van der Waals surface area contributed by atoms with E-state index in [2.05, 4.69) is 31.9 Å². The van der Waals surface area contributed by atoms with Crippen LogP contribution >= 0.6 is 0 Å². The van der Waals surface area contributed by atoms with Crippen LogP contribution in [0.25, 0.3) is 0 Å². The number of nitrogens with zero attached hydrogens (tertiary/aromatic N) is 4. The Kier molecular flexibility index (Phi) is 3.95. The number of aromatic nitrogens is 2. The summed E-state index contributed by atoms with van der Waals surface area (Å²) in [5.74, 6) is -0.0790. The van der Waals surface area contributed by atoms with Crippen molar-refractivity contribution < 1.29 is 4.79 Å². The highest BCUT2D eigenvalue weighted by Crippen LogP contribution is 2.37. The summed E-state index contributed by atoms with van der Waals surface area (Å²) in [5, 5.41) is 14.2. The Morgan fingerprint density at radius 1 is 1.28 bits per heavy atom. The van der Waals surface area contributed by atoms with Crippen LogP contribution in [0.4, 0.5) is 0 Å². The second kappa shape index (κ2) is 5.73. The maximum absolute atomic E-state index is 12.9. The van der Waals surface area contributed by atoms with Crippen molar-refractivity contribution in [2.45, 2.75) is 52.6 Å². The van der Waals surface area contributed by atoms with E-state index in [0.717, 1.165) is 28.1 Å². The number of carbonyl (C=O) groups is 1. The zero-order chi connectivity index (χ0) is 18.5. The molecule has 25 heavy (non-hydrogen) atoms. The number of rotatable bonds is 2. The summed E-state index contributed by atoms with van der Waals surface area (Å²) in [4.78, 5) is 14.6. The number of hydrogen-bond acceptors (Lipinski definition) is 3. The van der Waals surface area contributed by atoms with E-state index in [1.165, 1.54) is 0 Å². The third-order valence-electron chi connectivity index (χ3n) is 5.12. The molecule has 0 saturated carbocycles. The van der Waals surface area contributed by atoms with Gasteiger partial charge in [0.25, 0.3) is 5.91 Å². The van der Waals surface area contributed by atoms with Crippen molar-refractivity contribution >= 4 is 5.91 Å². The van der Waals surface area contributed by atoms with E-state index in [1.54, 1.807) is 4.90 Å². The average Bonchev–Trinajstić information content (AvgIpc) is 2.94. The number of benzene rings is 1. The lowest BCUT2D eigenvalue weighted by atomic mass is 9.85. The standard InChI is InChI=1S/C20H24N4O/c1-12-17(13(2)23(6)22-12)11-24-18(10-21)16-9-14(20(3,4)5)7-8-15(16)19(24)25/h7-9,18H,11H2,1-6H3. The third-order valence-corrected chi connectivity index (χ3v) is 5.12. The van der Waals surface area contributed by atoms with E-state index in [0.29, 0.717) is 12.1 Å². The first-order valence-electron chi connectivity index (χ1n) is 8.49. The summed E-state index contributed by atoms with van der Waals surface area (Å²) in [7, 11) is 1.89. The first-order chi connectivity index (χ1) is 11.6. The molecule has 5 nitrogen and oxygen atoms in total. The second-order valence-electron chi connectivity index (χ2n) is 7.79. The molecule has 1 unspecified atom stereocenters. The van der Waals surface area contributed by atoms with Crippen LogP contribution < -0.4 is 0 Å². The lowest BCUT2D eigenvalue weighted by Gasteiger charge is -2.21. The maximum atomic E-state index is 12.9. The molecular formula is C20H24N4O. The fourth-order valence-corrected chi connectivity index (χ4v) is 3.41. The van der Waals surface area contributed by atoms with Crippen molar-refractivity contribution in [1.82, 2.24) is 14.7 Å². The molecule has 1 aromatic heterocycles. The number of hydrogen-bond donors (Lipinski definition) is 0. The molecule has 0 radical (unpaired) electrons. The van der Waals surface area contributed by atoms with Crippen LogP contribution in [0.15, 0.2) is 18.2 Å². The van der Waals surface area contributed by atoms with Gasteiger partial charge in [0.15, 0.2) is 0 Å². The average molecular weight is 336 g/mol. The van der Waals surface area contributed by atoms with Gasteiger partial charge < -0.3 is 4.90 Å². The minimum atomic E-state index is -0.552. The van der Waals surface area contributed by atoms with E-state index >= 15 is 0 Å². The Morgan fingerprint density at radius 2 is 1.96 bits per heavy atom. The van der Waals surface area contributed by atoms with Crippen LogP contribution in [-0.4, -0.2) is 20.6 Å². The lowest BCUT2D eigenvalue weighted by Crippen LogP contribution is -2.27. The van der Waals surface area contributed by atoms with Crippen molar-refractivity contribution in [3.05, 3.63) is 51.8 Å². The predicted octanol–water partition coefficient (Wildman–Crippen LogP) is 3.56. The summed E-state index contributed by atoms with van der Waals surface area (Å²) in [6.07, 6.45) is 0. The Hall–Kier alpha value is -2.61. The van der Waals surface area contributed by atoms with Gasteiger partial charge in [-0.2, -0.15) is 10.4 Å². The quantitative estimate of drug-likeness (QED) is 0.842. The van der Waals surface area contributed by atoms with Crippen molar-refractivity contribution in [3.63, 3.8) is 0 Å². The molecule has 1 amide bonds. The van der Waals surface area contributed by atoms with E-state index < -0.39 is 6.04 Å². The van der Waals surface area contributed by atoms with Gasteiger partial charge in [-0.25, -0.2) is 0 Å². The van der Waals surface area contributed by atoms with Gasteiger partial charge in [-0.1, -0.05) is 32.9 Å². The zero-order valence-electron chi connectivity index (χ0n) is 15.7.